The third-order valence-corrected chi connectivity index (χ3v) is 3.06. The van der Waals surface area contributed by atoms with E-state index in [1.165, 1.54) is 26.4 Å². The van der Waals surface area contributed by atoms with Crippen LogP contribution in [-0.4, -0.2) is 30.8 Å². The molecule has 2 rings (SSSR count). The highest BCUT2D eigenvalue weighted by Crippen LogP contribution is 2.25. The largest absolute Gasteiger partial charge is 0.504 e. The minimum atomic E-state index is 0.132. The van der Waals surface area contributed by atoms with Crippen LogP contribution in [0.4, 0.5) is 0 Å². The first-order chi connectivity index (χ1) is 9.29. The molecule has 1 aromatic rings. The Hall–Kier alpha value is -2.04. The van der Waals surface area contributed by atoms with Crippen molar-refractivity contribution in [3.05, 3.63) is 23.8 Å². The van der Waals surface area contributed by atoms with Crippen LogP contribution in [0.25, 0.3) is 0 Å². The number of ether oxygens (including phenoxy) is 1. The van der Waals surface area contributed by atoms with Crippen molar-refractivity contribution in [2.45, 2.75) is 25.7 Å². The van der Waals surface area contributed by atoms with E-state index in [0.717, 1.165) is 24.4 Å². The van der Waals surface area contributed by atoms with Crippen molar-refractivity contribution in [1.82, 2.24) is 5.43 Å². The SMILES string of the molecule is COc1cc(/C=N/NC2=[NH+]CCCCC2)ccc1O. The van der Waals surface area contributed by atoms with E-state index in [-0.39, 0.29) is 5.75 Å². The second-order valence-corrected chi connectivity index (χ2v) is 4.52. The van der Waals surface area contributed by atoms with Crippen LogP contribution < -0.4 is 15.2 Å². The zero-order chi connectivity index (χ0) is 13.5. The van der Waals surface area contributed by atoms with Crippen molar-refractivity contribution in [2.24, 2.45) is 5.10 Å². The molecular weight excluding hydrogens is 242 g/mol. The Morgan fingerprint density at radius 3 is 3.11 bits per heavy atom. The van der Waals surface area contributed by atoms with Crippen LogP contribution in [0.5, 0.6) is 11.5 Å². The topological polar surface area (TPSA) is 67.8 Å². The Balaban J connectivity index is 1.96. The van der Waals surface area contributed by atoms with Gasteiger partial charge in [-0.2, -0.15) is 5.43 Å². The van der Waals surface area contributed by atoms with Crippen molar-refractivity contribution in [3.8, 4) is 11.5 Å². The summed E-state index contributed by atoms with van der Waals surface area (Å²) in [6, 6.07) is 5.12. The van der Waals surface area contributed by atoms with E-state index >= 15 is 0 Å². The fourth-order valence-electron chi connectivity index (χ4n) is 1.99. The zero-order valence-electron chi connectivity index (χ0n) is 11.1. The van der Waals surface area contributed by atoms with Crippen LogP contribution >= 0.6 is 0 Å². The Morgan fingerprint density at radius 1 is 1.37 bits per heavy atom. The minimum absolute atomic E-state index is 0.132. The molecule has 5 heteroatoms. The van der Waals surface area contributed by atoms with E-state index in [1.807, 2.05) is 0 Å². The van der Waals surface area contributed by atoms with Gasteiger partial charge in [-0.05, 0) is 37.5 Å². The van der Waals surface area contributed by atoms with Crippen molar-refractivity contribution in [1.29, 1.82) is 0 Å². The average molecular weight is 262 g/mol. The Morgan fingerprint density at radius 2 is 2.26 bits per heavy atom. The smallest absolute Gasteiger partial charge is 0.267 e. The maximum atomic E-state index is 9.50. The van der Waals surface area contributed by atoms with Gasteiger partial charge >= 0.3 is 0 Å². The Bertz CT molecular complexity index is 484. The number of amidine groups is 1. The van der Waals surface area contributed by atoms with Gasteiger partial charge in [-0.1, -0.05) is 5.10 Å². The van der Waals surface area contributed by atoms with E-state index in [4.69, 9.17) is 4.74 Å². The highest BCUT2D eigenvalue weighted by Gasteiger charge is 2.08. The molecule has 1 aromatic carbocycles. The van der Waals surface area contributed by atoms with Crippen molar-refractivity contribution in [2.75, 3.05) is 13.7 Å². The summed E-state index contributed by atoms with van der Waals surface area (Å²) >= 11 is 0. The van der Waals surface area contributed by atoms with Gasteiger partial charge in [-0.15, -0.1) is 0 Å². The molecule has 0 saturated carbocycles. The summed E-state index contributed by atoms with van der Waals surface area (Å²) in [6.45, 7) is 1.00. The highest BCUT2D eigenvalue weighted by molar-refractivity contribution is 5.83. The molecule has 102 valence electrons. The predicted molar refractivity (Wildman–Crippen MR) is 74.7 cm³/mol. The fourth-order valence-corrected chi connectivity index (χ4v) is 1.99. The molecule has 1 aliphatic heterocycles. The second kappa shape index (κ2) is 6.78. The van der Waals surface area contributed by atoms with Crippen molar-refractivity contribution < 1.29 is 14.8 Å². The Labute approximate surface area is 113 Å². The standard InChI is InChI=1S/C14H19N3O2/c1-19-13-9-11(6-7-12(13)18)10-16-17-14-5-3-2-4-8-15-14/h6-7,9-10,18H,2-5,8H2,1H3,(H,15,17)/p+1/b16-10+. The third-order valence-electron chi connectivity index (χ3n) is 3.06. The monoisotopic (exact) mass is 262 g/mol. The number of nitrogens with one attached hydrogen (secondary N) is 2. The van der Waals surface area contributed by atoms with Crippen LogP contribution in [0, 0.1) is 0 Å². The number of hydrogen-bond acceptors (Lipinski definition) is 4. The summed E-state index contributed by atoms with van der Waals surface area (Å²) in [6.07, 6.45) is 6.39. The zero-order valence-corrected chi connectivity index (χ0v) is 11.1. The maximum absolute atomic E-state index is 9.50. The van der Waals surface area contributed by atoms with Gasteiger partial charge in [0.2, 0.25) is 0 Å². The summed E-state index contributed by atoms with van der Waals surface area (Å²) in [7, 11) is 1.53. The van der Waals surface area contributed by atoms with Crippen LogP contribution in [-0.2, 0) is 0 Å². The molecule has 0 fully saturated rings. The lowest BCUT2D eigenvalue weighted by atomic mass is 10.2. The second-order valence-electron chi connectivity index (χ2n) is 4.52. The number of nitrogens with zero attached hydrogens (tertiary/aromatic N) is 1. The number of hydrazone groups is 1. The number of phenolic OH excluding ortho intramolecular Hbond substituents is 1. The molecule has 3 N–H and O–H groups in total. The van der Waals surface area contributed by atoms with Gasteiger partial charge in [0.1, 0.15) is 0 Å². The van der Waals surface area contributed by atoms with Gasteiger partial charge in [0.25, 0.3) is 5.84 Å². The molecule has 0 amide bonds. The first-order valence-corrected chi connectivity index (χ1v) is 6.55. The number of benzene rings is 1. The van der Waals surface area contributed by atoms with Gasteiger partial charge in [0.15, 0.2) is 11.5 Å². The molecule has 0 atom stereocenters. The van der Waals surface area contributed by atoms with E-state index in [9.17, 15) is 5.11 Å². The van der Waals surface area contributed by atoms with E-state index in [2.05, 4.69) is 15.5 Å². The maximum Gasteiger partial charge on any atom is 0.267 e. The van der Waals surface area contributed by atoms with Gasteiger partial charge in [-0.25, -0.2) is 0 Å². The summed E-state index contributed by atoms with van der Waals surface area (Å²) in [5.74, 6) is 1.65. The summed E-state index contributed by atoms with van der Waals surface area (Å²) in [5, 5.41) is 13.7. The molecule has 19 heavy (non-hydrogen) atoms. The van der Waals surface area contributed by atoms with Crippen molar-refractivity contribution in [3.63, 3.8) is 0 Å². The molecule has 0 aromatic heterocycles. The van der Waals surface area contributed by atoms with Crippen LogP contribution in [0.3, 0.4) is 0 Å². The average Bonchev–Trinajstić information content (AvgIpc) is 2.69. The van der Waals surface area contributed by atoms with E-state index < -0.39 is 0 Å². The van der Waals surface area contributed by atoms with Crippen LogP contribution in [0.2, 0.25) is 0 Å². The predicted octanol–water partition coefficient (Wildman–Crippen LogP) is 0.377. The summed E-state index contributed by atoms with van der Waals surface area (Å²) < 4.78 is 5.05. The molecule has 0 spiro atoms. The molecule has 0 radical (unpaired) electrons. The number of methoxy groups -OCH3 is 1. The number of phenols is 1. The van der Waals surface area contributed by atoms with Crippen LogP contribution in [0.15, 0.2) is 23.3 Å². The lowest BCUT2D eigenvalue weighted by Crippen LogP contribution is -2.75. The number of hydrogen-bond donors (Lipinski definition) is 3. The van der Waals surface area contributed by atoms with Gasteiger partial charge < -0.3 is 9.84 Å². The van der Waals surface area contributed by atoms with Gasteiger partial charge in [-0.3, -0.25) is 4.99 Å². The third kappa shape index (κ3) is 3.98. The summed E-state index contributed by atoms with van der Waals surface area (Å²) in [4.78, 5) is 3.33. The lowest BCUT2D eigenvalue weighted by Gasteiger charge is -2.02. The Kier molecular flexibility index (Phi) is 4.78. The number of aromatic hydroxyl groups is 1. The molecule has 1 aliphatic rings. The highest BCUT2D eigenvalue weighted by atomic mass is 16.5. The molecular formula is C14H20N3O2+. The van der Waals surface area contributed by atoms with E-state index in [1.54, 1.807) is 24.4 Å². The van der Waals surface area contributed by atoms with Gasteiger partial charge in [0, 0.05) is 5.56 Å². The van der Waals surface area contributed by atoms with Crippen LogP contribution in [0.1, 0.15) is 31.2 Å². The van der Waals surface area contributed by atoms with Crippen molar-refractivity contribution >= 4 is 12.1 Å². The molecule has 1 heterocycles. The minimum Gasteiger partial charge on any atom is -0.504 e. The fraction of sp³-hybridized carbons (Fsp3) is 0.429. The quantitative estimate of drug-likeness (QED) is 0.545. The van der Waals surface area contributed by atoms with Gasteiger partial charge in [0.05, 0.1) is 26.3 Å². The van der Waals surface area contributed by atoms with E-state index in [0.29, 0.717) is 5.75 Å². The molecule has 0 bridgehead atoms. The lowest BCUT2D eigenvalue weighted by molar-refractivity contribution is -0.459. The molecule has 0 unspecified atom stereocenters. The molecule has 0 aliphatic carbocycles. The normalized spacial score (nSPS) is 15.9. The first-order valence-electron chi connectivity index (χ1n) is 6.55. The summed E-state index contributed by atoms with van der Waals surface area (Å²) in [5.41, 5.74) is 3.91. The molecule has 5 nitrogen and oxygen atoms in total. The molecule has 0 saturated heterocycles. The first kappa shape index (κ1) is 13.4. The number of rotatable bonds is 3.